The highest BCUT2D eigenvalue weighted by atomic mass is 15.1. The van der Waals surface area contributed by atoms with E-state index in [4.69, 9.17) is 4.98 Å². The van der Waals surface area contributed by atoms with Gasteiger partial charge < -0.3 is 0 Å². The minimum Gasteiger partial charge on any atom is -0.299 e. The molecule has 108 valence electrons. The normalized spacial score (nSPS) is 15.2. The third kappa shape index (κ3) is 2.30. The first-order valence-electron chi connectivity index (χ1n) is 7.72. The Morgan fingerprint density at radius 2 is 2.19 bits per heavy atom. The van der Waals surface area contributed by atoms with E-state index in [0.29, 0.717) is 5.92 Å². The molecule has 1 aromatic heterocycles. The van der Waals surface area contributed by atoms with Crippen molar-refractivity contribution in [2.24, 2.45) is 0 Å². The summed E-state index contributed by atoms with van der Waals surface area (Å²) in [7, 11) is 0. The van der Waals surface area contributed by atoms with E-state index in [1.165, 1.54) is 5.56 Å². The Morgan fingerprint density at radius 1 is 1.38 bits per heavy atom. The number of pyridine rings is 1. The average molecular weight is 279 g/mol. The van der Waals surface area contributed by atoms with Crippen LogP contribution in [0.5, 0.6) is 0 Å². The van der Waals surface area contributed by atoms with E-state index < -0.39 is 0 Å². The Morgan fingerprint density at radius 3 is 2.86 bits per heavy atom. The molecule has 0 N–H and O–H groups in total. The van der Waals surface area contributed by atoms with E-state index in [1.807, 2.05) is 12.1 Å². The van der Waals surface area contributed by atoms with Gasteiger partial charge in [-0.2, -0.15) is 5.26 Å². The van der Waals surface area contributed by atoms with E-state index >= 15 is 0 Å². The molecule has 0 amide bonds. The lowest BCUT2D eigenvalue weighted by molar-refractivity contribution is 0.266. The molecular weight excluding hydrogens is 258 g/mol. The zero-order valence-electron chi connectivity index (χ0n) is 13.0. The monoisotopic (exact) mass is 279 g/mol. The van der Waals surface area contributed by atoms with Gasteiger partial charge in [-0.1, -0.05) is 39.0 Å². The summed E-state index contributed by atoms with van der Waals surface area (Å²) in [6, 6.07) is 8.66. The fourth-order valence-corrected chi connectivity index (χ4v) is 3.20. The summed E-state index contributed by atoms with van der Waals surface area (Å²) in [6.07, 6.45) is 0.945. The van der Waals surface area contributed by atoms with Crippen molar-refractivity contribution < 1.29 is 0 Å². The van der Waals surface area contributed by atoms with Gasteiger partial charge in [-0.15, -0.1) is 0 Å². The van der Waals surface area contributed by atoms with Crippen molar-refractivity contribution in [1.82, 2.24) is 9.88 Å². The van der Waals surface area contributed by atoms with Crippen LogP contribution < -0.4 is 0 Å². The van der Waals surface area contributed by atoms with Gasteiger partial charge in [-0.3, -0.25) is 9.88 Å². The van der Waals surface area contributed by atoms with Crippen LogP contribution in [0.25, 0.3) is 10.9 Å². The number of hydrogen-bond donors (Lipinski definition) is 0. The first kappa shape index (κ1) is 14.0. The molecular formula is C18H21N3. The first-order chi connectivity index (χ1) is 10.2. The van der Waals surface area contributed by atoms with Gasteiger partial charge in [-0.25, -0.2) is 0 Å². The summed E-state index contributed by atoms with van der Waals surface area (Å²) >= 11 is 0. The molecule has 2 heterocycles. The fourth-order valence-electron chi connectivity index (χ4n) is 3.20. The predicted octanol–water partition coefficient (Wildman–Crippen LogP) is 3.61. The van der Waals surface area contributed by atoms with Gasteiger partial charge in [0.15, 0.2) is 0 Å². The van der Waals surface area contributed by atoms with Crippen LogP contribution in [0.3, 0.4) is 0 Å². The number of nitrogens with zero attached hydrogens (tertiary/aromatic N) is 3. The number of likely N-dealkylation sites (N-methyl/N-ethyl adjacent to an activating group) is 1. The lowest BCUT2D eigenvalue weighted by Gasteiger charge is -2.28. The molecule has 0 radical (unpaired) electrons. The van der Waals surface area contributed by atoms with Crippen molar-refractivity contribution in [2.75, 3.05) is 13.1 Å². The zero-order chi connectivity index (χ0) is 15.0. The molecule has 3 heteroatoms. The number of nitriles is 1. The second-order valence-corrected chi connectivity index (χ2v) is 6.04. The molecule has 0 unspecified atom stereocenters. The van der Waals surface area contributed by atoms with E-state index in [0.717, 1.165) is 53.8 Å². The summed E-state index contributed by atoms with van der Waals surface area (Å²) in [5, 5.41) is 10.7. The van der Waals surface area contributed by atoms with Crippen molar-refractivity contribution in [1.29, 1.82) is 5.26 Å². The summed E-state index contributed by atoms with van der Waals surface area (Å²) in [5.41, 5.74) is 5.35. The molecule has 0 fully saturated rings. The van der Waals surface area contributed by atoms with Crippen molar-refractivity contribution in [2.45, 2.75) is 39.7 Å². The number of fused-ring (bicyclic) bond motifs is 2. The third-order valence-electron chi connectivity index (χ3n) is 4.46. The van der Waals surface area contributed by atoms with Crippen LogP contribution in [-0.2, 0) is 13.0 Å². The Bertz CT molecular complexity index is 725. The molecule has 1 aliphatic heterocycles. The maximum atomic E-state index is 9.68. The summed E-state index contributed by atoms with van der Waals surface area (Å²) in [6.45, 7) is 9.44. The minimum atomic E-state index is 0.418. The first-order valence-corrected chi connectivity index (χ1v) is 7.72. The SMILES string of the molecule is CCN1CCc2nc3c(C(C)C)cccc3c(C#N)c2C1. The Hall–Kier alpha value is -1.92. The van der Waals surface area contributed by atoms with Crippen LogP contribution in [0.2, 0.25) is 0 Å². The quantitative estimate of drug-likeness (QED) is 0.843. The second-order valence-electron chi connectivity index (χ2n) is 6.04. The average Bonchev–Trinajstić information content (AvgIpc) is 2.51. The Kier molecular flexibility index (Phi) is 3.65. The number of rotatable bonds is 2. The lowest BCUT2D eigenvalue weighted by Crippen LogP contribution is -2.31. The molecule has 2 aromatic rings. The largest absolute Gasteiger partial charge is 0.299 e. The van der Waals surface area contributed by atoms with Crippen LogP contribution in [-0.4, -0.2) is 23.0 Å². The van der Waals surface area contributed by atoms with Crippen LogP contribution in [0.1, 0.15) is 49.1 Å². The number of aromatic nitrogens is 1. The van der Waals surface area contributed by atoms with Crippen molar-refractivity contribution in [3.63, 3.8) is 0 Å². The second kappa shape index (κ2) is 5.46. The van der Waals surface area contributed by atoms with Crippen LogP contribution in [0.4, 0.5) is 0 Å². The van der Waals surface area contributed by atoms with Crippen molar-refractivity contribution in [3.8, 4) is 6.07 Å². The van der Waals surface area contributed by atoms with Crippen LogP contribution in [0.15, 0.2) is 18.2 Å². The van der Waals surface area contributed by atoms with E-state index in [1.54, 1.807) is 0 Å². The highest BCUT2D eigenvalue weighted by Crippen LogP contribution is 2.31. The molecule has 21 heavy (non-hydrogen) atoms. The predicted molar refractivity (Wildman–Crippen MR) is 85.2 cm³/mol. The highest BCUT2D eigenvalue weighted by Gasteiger charge is 2.22. The van der Waals surface area contributed by atoms with Crippen LogP contribution in [0, 0.1) is 11.3 Å². The molecule has 0 saturated carbocycles. The topological polar surface area (TPSA) is 39.9 Å². The minimum absolute atomic E-state index is 0.418. The number of hydrogen-bond acceptors (Lipinski definition) is 3. The molecule has 3 nitrogen and oxygen atoms in total. The summed E-state index contributed by atoms with van der Waals surface area (Å²) in [5.74, 6) is 0.418. The zero-order valence-corrected chi connectivity index (χ0v) is 13.0. The molecule has 1 aromatic carbocycles. The number of para-hydroxylation sites is 1. The standard InChI is InChI=1S/C18H21N3/c1-4-21-9-8-17-16(11-21)15(10-19)14-7-5-6-13(12(2)3)18(14)20-17/h5-7,12H,4,8-9,11H2,1-3H3. The molecule has 3 rings (SSSR count). The molecule has 0 atom stereocenters. The van der Waals surface area contributed by atoms with Gasteiger partial charge in [0, 0.05) is 36.2 Å². The molecule has 0 aliphatic carbocycles. The molecule has 1 aliphatic rings. The summed E-state index contributed by atoms with van der Waals surface area (Å²) in [4.78, 5) is 7.31. The molecule has 0 saturated heterocycles. The Balaban J connectivity index is 2.29. The van der Waals surface area contributed by atoms with Gasteiger partial charge >= 0.3 is 0 Å². The number of benzene rings is 1. The fraction of sp³-hybridized carbons (Fsp3) is 0.444. The van der Waals surface area contributed by atoms with E-state index in [2.05, 4.69) is 37.8 Å². The highest BCUT2D eigenvalue weighted by molar-refractivity contribution is 5.89. The summed E-state index contributed by atoms with van der Waals surface area (Å²) < 4.78 is 0. The van der Waals surface area contributed by atoms with Gasteiger partial charge in [0.25, 0.3) is 0 Å². The maximum absolute atomic E-state index is 9.68. The van der Waals surface area contributed by atoms with Crippen molar-refractivity contribution in [3.05, 3.63) is 40.6 Å². The van der Waals surface area contributed by atoms with Crippen molar-refractivity contribution >= 4 is 10.9 Å². The Labute approximate surface area is 126 Å². The molecule has 0 bridgehead atoms. The molecule has 0 spiro atoms. The van der Waals surface area contributed by atoms with E-state index in [-0.39, 0.29) is 0 Å². The third-order valence-corrected chi connectivity index (χ3v) is 4.46. The van der Waals surface area contributed by atoms with Crippen LogP contribution >= 0.6 is 0 Å². The lowest BCUT2D eigenvalue weighted by atomic mass is 9.92. The van der Waals surface area contributed by atoms with Gasteiger partial charge in [0.1, 0.15) is 6.07 Å². The van der Waals surface area contributed by atoms with E-state index in [9.17, 15) is 5.26 Å². The van der Waals surface area contributed by atoms with Gasteiger partial charge in [0.2, 0.25) is 0 Å². The van der Waals surface area contributed by atoms with Gasteiger partial charge in [-0.05, 0) is 18.0 Å². The smallest absolute Gasteiger partial charge is 0.100 e. The maximum Gasteiger partial charge on any atom is 0.100 e. The van der Waals surface area contributed by atoms with Gasteiger partial charge in [0.05, 0.1) is 11.1 Å².